The second-order valence-electron chi connectivity index (χ2n) is 5.77. The summed E-state index contributed by atoms with van der Waals surface area (Å²) in [6.45, 7) is 4.54. The van der Waals surface area contributed by atoms with Crippen molar-refractivity contribution in [2.24, 2.45) is 0 Å². The topological polar surface area (TPSA) is 107 Å². The quantitative estimate of drug-likeness (QED) is 0.484. The van der Waals surface area contributed by atoms with Crippen LogP contribution in [0.25, 0.3) is 11.3 Å². The van der Waals surface area contributed by atoms with Gasteiger partial charge < -0.3 is 21.1 Å². The van der Waals surface area contributed by atoms with Crippen molar-refractivity contribution in [3.8, 4) is 17.0 Å². The Bertz CT molecular complexity index is 866. The first-order chi connectivity index (χ1) is 13.4. The normalized spacial score (nSPS) is 10.5. The zero-order valence-electron chi connectivity index (χ0n) is 15.3. The van der Waals surface area contributed by atoms with E-state index in [9.17, 15) is 13.1 Å². The Balaban J connectivity index is 2.31. The lowest BCUT2D eigenvalue weighted by Gasteiger charge is -2.21. The molecule has 0 aliphatic rings. The van der Waals surface area contributed by atoms with Gasteiger partial charge in [-0.1, -0.05) is 6.58 Å². The molecule has 10 heteroatoms. The van der Waals surface area contributed by atoms with Crippen LogP contribution in [-0.2, 0) is 4.79 Å². The molecule has 150 valence electrons. The number of carbonyl (C=O) groups is 1. The van der Waals surface area contributed by atoms with Crippen molar-refractivity contribution in [3.05, 3.63) is 36.7 Å². The number of halogens is 2. The molecule has 0 radical (unpaired) electrons. The number of rotatable bonds is 9. The summed E-state index contributed by atoms with van der Waals surface area (Å²) < 4.78 is 31.4. The molecule has 28 heavy (non-hydrogen) atoms. The van der Waals surface area contributed by atoms with Gasteiger partial charge in [-0.2, -0.15) is 3.89 Å². The van der Waals surface area contributed by atoms with Crippen molar-refractivity contribution in [2.75, 3.05) is 37.8 Å². The molecule has 2 aromatic rings. The molecule has 0 bridgehead atoms. The smallest absolute Gasteiger partial charge is 0.246 e. The van der Waals surface area contributed by atoms with Gasteiger partial charge in [0.05, 0.1) is 18.7 Å². The summed E-state index contributed by atoms with van der Waals surface area (Å²) in [6, 6.07) is 3.10. The Morgan fingerprint density at radius 1 is 1.36 bits per heavy atom. The van der Waals surface area contributed by atoms with Crippen LogP contribution in [0.5, 0.6) is 5.75 Å². The largest absolute Gasteiger partial charge is 0.486 e. The van der Waals surface area contributed by atoms with E-state index in [1.807, 2.05) is 0 Å². The Hall–Kier alpha value is -2.88. The lowest BCUT2D eigenvalue weighted by molar-refractivity contribution is -0.126. The molecule has 1 amide bonds. The van der Waals surface area contributed by atoms with Crippen LogP contribution in [0.3, 0.4) is 0 Å². The van der Waals surface area contributed by atoms with E-state index in [-0.39, 0.29) is 43.4 Å². The highest BCUT2D eigenvalue weighted by molar-refractivity contribution is 7.94. The number of carbonyl (C=O) groups excluding carboxylic acids is 1. The molecule has 4 N–H and O–H groups in total. The summed E-state index contributed by atoms with van der Waals surface area (Å²) in [7, 11) is 0. The van der Waals surface area contributed by atoms with Gasteiger partial charge in [-0.05, 0) is 30.7 Å². The molecular formula is C18H21F2N5O2S. The summed E-state index contributed by atoms with van der Waals surface area (Å²) in [5, 5.41) is 0. The predicted octanol–water partition coefficient (Wildman–Crippen LogP) is 2.96. The van der Waals surface area contributed by atoms with Crippen LogP contribution in [-0.4, -0.2) is 47.1 Å². The summed E-state index contributed by atoms with van der Waals surface area (Å²) in [6.07, 6.45) is 2.37. The van der Waals surface area contributed by atoms with Gasteiger partial charge in [0.2, 0.25) is 5.91 Å². The van der Waals surface area contributed by atoms with E-state index in [0.29, 0.717) is 27.4 Å². The van der Waals surface area contributed by atoms with Crippen LogP contribution < -0.4 is 16.2 Å². The van der Waals surface area contributed by atoms with Crippen LogP contribution in [0, 0.1) is 6.92 Å². The zero-order chi connectivity index (χ0) is 20.7. The van der Waals surface area contributed by atoms with Crippen molar-refractivity contribution in [2.45, 2.75) is 11.8 Å². The van der Waals surface area contributed by atoms with Crippen LogP contribution >= 0.6 is 12.1 Å². The van der Waals surface area contributed by atoms with Gasteiger partial charge in [0.1, 0.15) is 25.3 Å². The Morgan fingerprint density at radius 2 is 2.11 bits per heavy atom. The van der Waals surface area contributed by atoms with Crippen molar-refractivity contribution in [3.63, 3.8) is 0 Å². The number of alkyl halides is 1. The van der Waals surface area contributed by atoms with E-state index in [4.69, 9.17) is 16.2 Å². The third-order valence-electron chi connectivity index (χ3n) is 4.05. The molecule has 1 aromatic carbocycles. The van der Waals surface area contributed by atoms with Crippen molar-refractivity contribution in [1.82, 2.24) is 14.9 Å². The summed E-state index contributed by atoms with van der Waals surface area (Å²) in [5.41, 5.74) is 13.9. The van der Waals surface area contributed by atoms with Crippen LogP contribution in [0.2, 0.25) is 0 Å². The third kappa shape index (κ3) is 4.89. The van der Waals surface area contributed by atoms with Crippen LogP contribution in [0.4, 0.5) is 19.8 Å². The average molecular weight is 409 g/mol. The van der Waals surface area contributed by atoms with Gasteiger partial charge in [0.15, 0.2) is 11.6 Å². The van der Waals surface area contributed by atoms with Gasteiger partial charge in [0.25, 0.3) is 0 Å². The van der Waals surface area contributed by atoms with Gasteiger partial charge in [-0.15, -0.1) is 0 Å². The van der Waals surface area contributed by atoms with E-state index >= 15 is 0 Å². The number of benzene rings is 1. The first kappa shape index (κ1) is 21.4. The van der Waals surface area contributed by atoms with E-state index in [1.165, 1.54) is 17.3 Å². The Kier molecular flexibility index (Phi) is 7.56. The van der Waals surface area contributed by atoms with Gasteiger partial charge >= 0.3 is 0 Å². The number of hydrogen-bond acceptors (Lipinski definition) is 7. The lowest BCUT2D eigenvalue weighted by Crippen LogP contribution is -2.35. The third-order valence-corrected chi connectivity index (χ3v) is 4.46. The molecule has 0 fully saturated rings. The minimum absolute atomic E-state index is 0.0240. The number of hydrogen-bond donors (Lipinski definition) is 2. The van der Waals surface area contributed by atoms with Crippen LogP contribution in [0.15, 0.2) is 36.0 Å². The van der Waals surface area contributed by atoms with E-state index in [2.05, 4.69) is 16.5 Å². The molecule has 0 aliphatic carbocycles. The fraction of sp³-hybridized carbons (Fsp3) is 0.278. The predicted molar refractivity (Wildman–Crippen MR) is 106 cm³/mol. The SMILES string of the molecule is C=CC(=O)N(CCF)CCOc1c(N)ncnc1-c1cc(SF)cc(N)c1C. The monoisotopic (exact) mass is 409 g/mol. The van der Waals surface area contributed by atoms with Gasteiger partial charge in [0, 0.05) is 22.7 Å². The van der Waals surface area contributed by atoms with E-state index in [0.717, 1.165) is 6.08 Å². The first-order valence-electron chi connectivity index (χ1n) is 8.32. The van der Waals surface area contributed by atoms with Crippen molar-refractivity contribution >= 4 is 29.6 Å². The van der Waals surface area contributed by atoms with E-state index in [1.54, 1.807) is 13.0 Å². The molecular weight excluding hydrogens is 388 g/mol. The van der Waals surface area contributed by atoms with Crippen molar-refractivity contribution in [1.29, 1.82) is 0 Å². The molecule has 1 heterocycles. The summed E-state index contributed by atoms with van der Waals surface area (Å²) in [4.78, 5) is 21.4. The highest BCUT2D eigenvalue weighted by Crippen LogP contribution is 2.38. The Labute approximate surface area is 166 Å². The summed E-state index contributed by atoms with van der Waals surface area (Å²) in [5.74, 6) is -0.152. The van der Waals surface area contributed by atoms with Crippen molar-refractivity contribution < 1.29 is 17.8 Å². The second kappa shape index (κ2) is 9.88. The molecule has 0 spiro atoms. The Morgan fingerprint density at radius 3 is 2.75 bits per heavy atom. The molecule has 0 aliphatic heterocycles. The number of nitrogens with two attached hydrogens (primary N) is 2. The second-order valence-corrected chi connectivity index (χ2v) is 6.39. The molecule has 1 aromatic heterocycles. The minimum atomic E-state index is -0.687. The highest BCUT2D eigenvalue weighted by atomic mass is 32.2. The molecule has 0 saturated heterocycles. The number of amides is 1. The number of anilines is 2. The highest BCUT2D eigenvalue weighted by Gasteiger charge is 2.18. The average Bonchev–Trinajstić information content (AvgIpc) is 2.69. The number of aromatic nitrogens is 2. The molecule has 0 saturated carbocycles. The molecule has 0 atom stereocenters. The number of ether oxygens (including phenoxy) is 1. The van der Waals surface area contributed by atoms with Gasteiger partial charge in [-0.3, -0.25) is 4.79 Å². The first-order valence-corrected chi connectivity index (χ1v) is 9.04. The molecule has 0 unspecified atom stereocenters. The van der Waals surface area contributed by atoms with E-state index < -0.39 is 12.6 Å². The maximum atomic E-state index is 13.1. The maximum absolute atomic E-state index is 13.1. The van der Waals surface area contributed by atoms with Crippen LogP contribution in [0.1, 0.15) is 5.56 Å². The zero-order valence-corrected chi connectivity index (χ0v) is 16.1. The fourth-order valence-electron chi connectivity index (χ4n) is 2.54. The van der Waals surface area contributed by atoms with Gasteiger partial charge in [-0.25, -0.2) is 14.4 Å². The number of nitrogen functional groups attached to an aromatic ring is 2. The summed E-state index contributed by atoms with van der Waals surface area (Å²) >= 11 is 0.0590. The molecule has 2 rings (SSSR count). The number of nitrogens with zero attached hydrogens (tertiary/aromatic N) is 3. The maximum Gasteiger partial charge on any atom is 0.246 e. The fourth-order valence-corrected chi connectivity index (χ4v) is 2.88. The standard InChI is InChI=1S/C18H21F2N5O2S/c1-3-15(26)25(5-4-19)6-7-27-17-16(23-10-24-18(17)22)13-8-12(28-20)9-14(21)11(13)2/h3,8-10H,1,4-7,21H2,2H3,(H2,22,23,24). The lowest BCUT2D eigenvalue weighted by atomic mass is 10.0. The minimum Gasteiger partial charge on any atom is -0.486 e. The molecule has 7 nitrogen and oxygen atoms in total.